The van der Waals surface area contributed by atoms with Crippen LogP contribution in [0.15, 0.2) is 85.3 Å². The largest absolute Gasteiger partial charge is 0.324 e. The third kappa shape index (κ3) is 4.45. The number of carbonyl (C=O) groups is 1. The van der Waals surface area contributed by atoms with Crippen molar-refractivity contribution in [2.75, 3.05) is 36.4 Å². The van der Waals surface area contributed by atoms with Crippen molar-refractivity contribution in [1.29, 1.82) is 0 Å². The summed E-state index contributed by atoms with van der Waals surface area (Å²) in [4.78, 5) is 31.1. The van der Waals surface area contributed by atoms with Crippen LogP contribution < -0.4 is 15.5 Å². The van der Waals surface area contributed by atoms with Crippen molar-refractivity contribution in [2.24, 2.45) is 0 Å². The molecule has 2 N–H and O–H groups in total. The molecule has 2 aromatic heterocycles. The highest BCUT2D eigenvalue weighted by atomic mass is 16.2. The summed E-state index contributed by atoms with van der Waals surface area (Å²) in [5, 5.41) is 8.77. The molecule has 1 saturated heterocycles. The quantitative estimate of drug-likeness (QED) is 0.381. The molecule has 5 aromatic rings. The van der Waals surface area contributed by atoms with Crippen LogP contribution in [-0.4, -0.2) is 62.8 Å². The van der Waals surface area contributed by atoms with Gasteiger partial charge in [-0.3, -0.25) is 9.88 Å². The SMILES string of the molecule is CCN(c1nccc(-n2cnc3ccccc32)n1)C1CN(C(=O)Nc2cccc3ccccc23)CCN1. The molecule has 1 fully saturated rings. The van der Waals surface area contributed by atoms with Crippen LogP contribution in [0.1, 0.15) is 6.92 Å². The van der Waals surface area contributed by atoms with Crippen LogP contribution in [0, 0.1) is 0 Å². The molecule has 9 nitrogen and oxygen atoms in total. The summed E-state index contributed by atoms with van der Waals surface area (Å²) in [5.41, 5.74) is 2.72. The van der Waals surface area contributed by atoms with Crippen LogP contribution in [0.2, 0.25) is 0 Å². The summed E-state index contributed by atoms with van der Waals surface area (Å²) in [7, 11) is 0. The van der Waals surface area contributed by atoms with Gasteiger partial charge in [0.25, 0.3) is 0 Å². The predicted molar refractivity (Wildman–Crippen MR) is 146 cm³/mol. The van der Waals surface area contributed by atoms with E-state index in [2.05, 4.69) is 32.4 Å². The molecule has 0 bridgehead atoms. The maximum atomic E-state index is 13.3. The Morgan fingerprint density at radius 1 is 1.05 bits per heavy atom. The van der Waals surface area contributed by atoms with E-state index in [-0.39, 0.29) is 12.2 Å². The lowest BCUT2D eigenvalue weighted by molar-refractivity contribution is 0.188. The average Bonchev–Trinajstić information content (AvgIpc) is 3.38. The number of nitrogens with one attached hydrogen (secondary N) is 2. The Morgan fingerprint density at radius 3 is 2.81 bits per heavy atom. The fraction of sp³-hybridized carbons (Fsp3) is 0.214. The second kappa shape index (κ2) is 9.87. The summed E-state index contributed by atoms with van der Waals surface area (Å²) in [5.74, 6) is 1.35. The zero-order valence-electron chi connectivity index (χ0n) is 20.6. The van der Waals surface area contributed by atoms with Crippen LogP contribution in [-0.2, 0) is 0 Å². The lowest BCUT2D eigenvalue weighted by Crippen LogP contribution is -2.60. The van der Waals surface area contributed by atoms with Crippen molar-refractivity contribution in [3.63, 3.8) is 0 Å². The molecule has 2 amide bonds. The number of rotatable bonds is 5. The van der Waals surface area contributed by atoms with Crippen molar-refractivity contribution in [2.45, 2.75) is 13.1 Å². The number of amides is 2. The lowest BCUT2D eigenvalue weighted by Gasteiger charge is -2.39. The van der Waals surface area contributed by atoms with Gasteiger partial charge in [0.1, 0.15) is 18.3 Å². The van der Waals surface area contributed by atoms with E-state index in [1.165, 1.54) is 0 Å². The van der Waals surface area contributed by atoms with E-state index < -0.39 is 0 Å². The average molecular weight is 493 g/mol. The van der Waals surface area contributed by atoms with Crippen LogP contribution in [0.4, 0.5) is 16.4 Å². The number of benzene rings is 3. The lowest BCUT2D eigenvalue weighted by atomic mass is 10.1. The van der Waals surface area contributed by atoms with Gasteiger partial charge in [-0.1, -0.05) is 48.5 Å². The number of piperazine rings is 1. The van der Waals surface area contributed by atoms with E-state index >= 15 is 0 Å². The molecule has 6 rings (SSSR count). The van der Waals surface area contributed by atoms with Crippen molar-refractivity contribution in [1.82, 2.24) is 29.7 Å². The monoisotopic (exact) mass is 492 g/mol. The molecule has 186 valence electrons. The fourth-order valence-electron chi connectivity index (χ4n) is 4.91. The number of para-hydroxylation sites is 2. The molecule has 1 atom stereocenters. The van der Waals surface area contributed by atoms with E-state index in [0.29, 0.717) is 32.1 Å². The highest BCUT2D eigenvalue weighted by Crippen LogP contribution is 2.24. The summed E-state index contributed by atoms with van der Waals surface area (Å²) in [6, 6.07) is 23.7. The Labute approximate surface area is 214 Å². The zero-order valence-corrected chi connectivity index (χ0v) is 20.6. The second-order valence-electron chi connectivity index (χ2n) is 8.98. The van der Waals surface area contributed by atoms with E-state index in [1.54, 1.807) is 12.5 Å². The van der Waals surface area contributed by atoms with Crippen molar-refractivity contribution >= 4 is 39.5 Å². The van der Waals surface area contributed by atoms with E-state index in [9.17, 15) is 4.79 Å². The molecule has 3 heterocycles. The Kier molecular flexibility index (Phi) is 6.11. The van der Waals surface area contributed by atoms with Gasteiger partial charge in [-0.2, -0.15) is 4.98 Å². The van der Waals surface area contributed by atoms with Crippen molar-refractivity contribution < 1.29 is 4.79 Å². The summed E-state index contributed by atoms with van der Waals surface area (Å²) >= 11 is 0. The molecule has 9 heteroatoms. The number of imidazole rings is 1. The van der Waals surface area contributed by atoms with Crippen LogP contribution in [0.25, 0.3) is 27.6 Å². The molecule has 3 aromatic carbocycles. The number of nitrogens with zero attached hydrogens (tertiary/aromatic N) is 6. The Morgan fingerprint density at radius 2 is 1.89 bits per heavy atom. The molecule has 0 radical (unpaired) electrons. The standard InChI is InChI=1S/C28H28N8O/c1-2-35(27-30-15-14-25(33-27)36-19-31-23-11-5-6-13-24(23)36)26-18-34(17-16-29-26)28(37)32-22-12-7-9-20-8-3-4-10-21(20)22/h3-15,19,26,29H,2,16-18H2,1H3,(H,32,37). The van der Waals surface area contributed by atoms with Gasteiger partial charge in [-0.05, 0) is 36.6 Å². The number of aromatic nitrogens is 4. The fourth-order valence-corrected chi connectivity index (χ4v) is 4.91. The topological polar surface area (TPSA) is 91.2 Å². The number of likely N-dealkylation sites (N-methyl/N-ethyl adjacent to an activating group) is 1. The second-order valence-corrected chi connectivity index (χ2v) is 8.98. The zero-order chi connectivity index (χ0) is 25.2. The Hall–Kier alpha value is -4.50. The third-order valence-corrected chi connectivity index (χ3v) is 6.78. The molecule has 37 heavy (non-hydrogen) atoms. The third-order valence-electron chi connectivity index (χ3n) is 6.78. The van der Waals surface area contributed by atoms with Crippen LogP contribution in [0.3, 0.4) is 0 Å². The van der Waals surface area contributed by atoms with Gasteiger partial charge in [0.05, 0.1) is 23.3 Å². The molecular weight excluding hydrogens is 464 g/mol. The van der Waals surface area contributed by atoms with Gasteiger partial charge >= 0.3 is 6.03 Å². The number of anilines is 2. The first-order valence-corrected chi connectivity index (χ1v) is 12.5. The van der Waals surface area contributed by atoms with E-state index in [4.69, 9.17) is 4.98 Å². The summed E-state index contributed by atoms with van der Waals surface area (Å²) in [6.45, 7) is 4.55. The molecule has 1 aliphatic heterocycles. The minimum atomic E-state index is -0.119. The van der Waals surface area contributed by atoms with Gasteiger partial charge in [0, 0.05) is 31.2 Å². The summed E-state index contributed by atoms with van der Waals surface area (Å²) in [6.07, 6.45) is 3.43. The van der Waals surface area contributed by atoms with Crippen molar-refractivity contribution in [3.8, 4) is 5.82 Å². The van der Waals surface area contributed by atoms with Crippen molar-refractivity contribution in [3.05, 3.63) is 85.3 Å². The first-order valence-electron chi connectivity index (χ1n) is 12.5. The minimum absolute atomic E-state index is 0.113. The first-order chi connectivity index (χ1) is 18.2. The van der Waals surface area contributed by atoms with Gasteiger partial charge < -0.3 is 15.1 Å². The number of hydrogen-bond donors (Lipinski definition) is 2. The molecule has 0 saturated carbocycles. The molecule has 0 spiro atoms. The van der Waals surface area contributed by atoms with E-state index in [1.807, 2.05) is 82.3 Å². The number of hydrogen-bond acceptors (Lipinski definition) is 6. The van der Waals surface area contributed by atoms with Gasteiger partial charge in [0.2, 0.25) is 5.95 Å². The highest BCUT2D eigenvalue weighted by molar-refractivity contribution is 6.01. The Balaban J connectivity index is 1.21. The van der Waals surface area contributed by atoms with E-state index in [0.717, 1.165) is 33.3 Å². The molecule has 1 unspecified atom stereocenters. The molecule has 1 aliphatic rings. The number of carbonyl (C=O) groups excluding carboxylic acids is 1. The first kappa shape index (κ1) is 22.9. The normalized spacial score (nSPS) is 15.7. The smallest absolute Gasteiger partial charge is 0.322 e. The maximum Gasteiger partial charge on any atom is 0.322 e. The predicted octanol–water partition coefficient (Wildman–Crippen LogP) is 4.26. The highest BCUT2D eigenvalue weighted by Gasteiger charge is 2.29. The molecule has 0 aliphatic carbocycles. The van der Waals surface area contributed by atoms with Gasteiger partial charge in [-0.15, -0.1) is 0 Å². The molecular formula is C28H28N8O. The number of urea groups is 1. The van der Waals surface area contributed by atoms with Crippen LogP contribution >= 0.6 is 0 Å². The minimum Gasteiger partial charge on any atom is -0.324 e. The Bertz CT molecular complexity index is 1560. The van der Waals surface area contributed by atoms with Crippen LogP contribution in [0.5, 0.6) is 0 Å². The summed E-state index contributed by atoms with van der Waals surface area (Å²) < 4.78 is 1.96. The maximum absolute atomic E-state index is 13.3. The number of fused-ring (bicyclic) bond motifs is 2. The van der Waals surface area contributed by atoms with Gasteiger partial charge in [0.15, 0.2) is 0 Å². The van der Waals surface area contributed by atoms with Gasteiger partial charge in [-0.25, -0.2) is 14.8 Å².